The second-order valence-corrected chi connectivity index (χ2v) is 14.9. The van der Waals surface area contributed by atoms with E-state index in [0.29, 0.717) is 18.3 Å². The molecular formula is C52H34N4O2. The Labute approximate surface area is 333 Å². The molecule has 8 aromatic carbocycles. The molecule has 1 atom stereocenters. The minimum Gasteiger partial charge on any atom is -0.455 e. The van der Waals surface area contributed by atoms with Crippen LogP contribution in [0.15, 0.2) is 195 Å². The van der Waals surface area contributed by atoms with Gasteiger partial charge >= 0.3 is 0 Å². The van der Waals surface area contributed by atoms with Gasteiger partial charge in [0.05, 0.1) is 5.56 Å². The highest BCUT2D eigenvalue weighted by atomic mass is 16.4. The van der Waals surface area contributed by atoms with Crippen molar-refractivity contribution in [1.82, 2.24) is 5.32 Å². The number of anilines is 1. The first-order chi connectivity index (χ1) is 28.7. The van der Waals surface area contributed by atoms with E-state index in [9.17, 15) is 0 Å². The molecule has 0 fully saturated rings. The minimum atomic E-state index is -0.362. The maximum Gasteiger partial charge on any atom is 0.202 e. The number of furan rings is 2. The summed E-state index contributed by atoms with van der Waals surface area (Å²) < 4.78 is 13.4. The number of amidine groups is 2. The van der Waals surface area contributed by atoms with Crippen molar-refractivity contribution in [1.29, 1.82) is 0 Å². The molecule has 1 unspecified atom stereocenters. The summed E-state index contributed by atoms with van der Waals surface area (Å²) in [5.41, 5.74) is 10.8. The molecule has 274 valence electrons. The average molecular weight is 747 g/mol. The number of fused-ring (bicyclic) bond motifs is 8. The number of nitrogens with one attached hydrogen (secondary N) is 2. The Morgan fingerprint density at radius 1 is 0.517 bits per heavy atom. The van der Waals surface area contributed by atoms with Crippen LogP contribution in [0, 0.1) is 0 Å². The largest absolute Gasteiger partial charge is 0.455 e. The van der Waals surface area contributed by atoms with Crippen LogP contribution in [0.25, 0.3) is 82.3 Å². The van der Waals surface area contributed by atoms with Crippen LogP contribution in [-0.2, 0) is 0 Å². The summed E-state index contributed by atoms with van der Waals surface area (Å²) in [6.45, 7) is 0.590. The lowest BCUT2D eigenvalue weighted by atomic mass is 9.95. The predicted molar refractivity (Wildman–Crippen MR) is 239 cm³/mol. The van der Waals surface area contributed by atoms with Gasteiger partial charge in [-0.1, -0.05) is 164 Å². The predicted octanol–water partition coefficient (Wildman–Crippen LogP) is 12.9. The van der Waals surface area contributed by atoms with Crippen molar-refractivity contribution >= 4 is 77.6 Å². The molecule has 2 aromatic heterocycles. The van der Waals surface area contributed by atoms with Crippen molar-refractivity contribution in [2.24, 2.45) is 9.98 Å². The molecule has 0 aliphatic carbocycles. The van der Waals surface area contributed by atoms with Gasteiger partial charge in [-0.3, -0.25) is 0 Å². The SMILES string of the molecule is C1=C(C2=NC(c3ccccc3)=NC(c3ccc(-c4cccc5ccccc45)cc3)N2)c2c(oc3c(-c4cccc5c4oc4cc6ccccc6cc45)cccc23)NC1. The van der Waals surface area contributed by atoms with Crippen LogP contribution in [0.5, 0.6) is 0 Å². The van der Waals surface area contributed by atoms with Crippen LogP contribution in [-0.4, -0.2) is 18.2 Å². The maximum atomic E-state index is 6.79. The fourth-order valence-electron chi connectivity index (χ4n) is 8.78. The Morgan fingerprint density at radius 3 is 2.00 bits per heavy atom. The first kappa shape index (κ1) is 32.5. The van der Waals surface area contributed by atoms with E-state index in [-0.39, 0.29) is 6.17 Å². The number of hydrogen-bond donors (Lipinski definition) is 2. The van der Waals surface area contributed by atoms with Crippen molar-refractivity contribution in [2.75, 3.05) is 11.9 Å². The molecule has 0 saturated carbocycles. The fraction of sp³-hybridized carbons (Fsp3) is 0.0385. The third kappa shape index (κ3) is 5.19. The molecule has 12 rings (SSSR count). The van der Waals surface area contributed by atoms with Crippen molar-refractivity contribution in [3.8, 4) is 22.3 Å². The van der Waals surface area contributed by atoms with Gasteiger partial charge in [0.15, 0.2) is 5.84 Å². The van der Waals surface area contributed by atoms with Gasteiger partial charge in [-0.05, 0) is 50.4 Å². The molecule has 10 aromatic rings. The summed E-state index contributed by atoms with van der Waals surface area (Å²) >= 11 is 0. The zero-order valence-electron chi connectivity index (χ0n) is 31.2. The quantitative estimate of drug-likeness (QED) is 0.184. The molecule has 6 heteroatoms. The van der Waals surface area contributed by atoms with E-state index in [4.69, 9.17) is 18.8 Å². The summed E-state index contributed by atoms with van der Waals surface area (Å²) in [6.07, 6.45) is 1.83. The van der Waals surface area contributed by atoms with E-state index < -0.39 is 0 Å². The smallest absolute Gasteiger partial charge is 0.202 e. The Hall–Kier alpha value is -7.70. The number of hydrogen-bond acceptors (Lipinski definition) is 6. The van der Waals surface area contributed by atoms with Crippen LogP contribution in [0.1, 0.15) is 22.9 Å². The maximum absolute atomic E-state index is 6.79. The molecule has 58 heavy (non-hydrogen) atoms. The number of para-hydroxylation sites is 2. The van der Waals surface area contributed by atoms with E-state index in [0.717, 1.165) is 83.1 Å². The normalized spacial score (nSPS) is 15.2. The summed E-state index contributed by atoms with van der Waals surface area (Å²) in [7, 11) is 0. The van der Waals surface area contributed by atoms with Gasteiger partial charge in [0, 0.05) is 45.0 Å². The molecule has 0 bridgehead atoms. The van der Waals surface area contributed by atoms with Crippen molar-refractivity contribution < 1.29 is 8.83 Å². The number of aliphatic imine (C=N–C) groups is 2. The molecule has 4 heterocycles. The molecular weight excluding hydrogens is 713 g/mol. The molecule has 0 amide bonds. The number of rotatable bonds is 5. The topological polar surface area (TPSA) is 75.1 Å². The average Bonchev–Trinajstić information content (AvgIpc) is 3.86. The summed E-state index contributed by atoms with van der Waals surface area (Å²) in [5.74, 6) is 2.14. The van der Waals surface area contributed by atoms with Crippen molar-refractivity contribution in [3.63, 3.8) is 0 Å². The number of benzene rings is 8. The van der Waals surface area contributed by atoms with Crippen molar-refractivity contribution in [3.05, 3.63) is 193 Å². The molecule has 6 nitrogen and oxygen atoms in total. The highest BCUT2D eigenvalue weighted by molar-refractivity contribution is 6.31. The van der Waals surface area contributed by atoms with Crippen LogP contribution in [0.2, 0.25) is 0 Å². The van der Waals surface area contributed by atoms with Gasteiger partial charge in [-0.25, -0.2) is 9.98 Å². The minimum absolute atomic E-state index is 0.362. The van der Waals surface area contributed by atoms with Gasteiger partial charge in [-0.15, -0.1) is 0 Å². The lowest BCUT2D eigenvalue weighted by molar-refractivity contribution is 0.628. The first-order valence-corrected chi connectivity index (χ1v) is 19.6. The lowest BCUT2D eigenvalue weighted by Gasteiger charge is -2.26. The summed E-state index contributed by atoms with van der Waals surface area (Å²) in [6, 6.07) is 59.4. The fourth-order valence-corrected chi connectivity index (χ4v) is 8.78. The Bertz CT molecular complexity index is 3360. The van der Waals surface area contributed by atoms with Gasteiger partial charge in [0.1, 0.15) is 28.8 Å². The van der Waals surface area contributed by atoms with Gasteiger partial charge in [-0.2, -0.15) is 0 Å². The third-order valence-corrected chi connectivity index (χ3v) is 11.6. The molecule has 0 radical (unpaired) electrons. The zero-order valence-corrected chi connectivity index (χ0v) is 31.2. The Balaban J connectivity index is 0.953. The van der Waals surface area contributed by atoms with E-state index in [1.165, 1.54) is 21.7 Å². The summed E-state index contributed by atoms with van der Waals surface area (Å²) in [5, 5.41) is 15.2. The first-order valence-electron chi connectivity index (χ1n) is 19.6. The van der Waals surface area contributed by atoms with E-state index in [1.807, 2.05) is 18.2 Å². The second kappa shape index (κ2) is 12.9. The molecule has 2 aliphatic rings. The summed E-state index contributed by atoms with van der Waals surface area (Å²) in [4.78, 5) is 10.4. The number of nitrogens with zero attached hydrogens (tertiary/aromatic N) is 2. The van der Waals surface area contributed by atoms with Gasteiger partial charge < -0.3 is 19.5 Å². The molecule has 0 spiro atoms. The third-order valence-electron chi connectivity index (χ3n) is 11.6. The van der Waals surface area contributed by atoms with E-state index >= 15 is 0 Å². The van der Waals surface area contributed by atoms with Gasteiger partial charge in [0.2, 0.25) is 5.88 Å². The van der Waals surface area contributed by atoms with Crippen LogP contribution in [0.4, 0.5) is 5.88 Å². The Morgan fingerprint density at radius 2 is 1.17 bits per heavy atom. The van der Waals surface area contributed by atoms with Crippen LogP contribution in [0.3, 0.4) is 0 Å². The van der Waals surface area contributed by atoms with Gasteiger partial charge in [0.25, 0.3) is 0 Å². The monoisotopic (exact) mass is 746 g/mol. The van der Waals surface area contributed by atoms with Crippen molar-refractivity contribution in [2.45, 2.75) is 6.17 Å². The highest BCUT2D eigenvalue weighted by Gasteiger charge is 2.30. The highest BCUT2D eigenvalue weighted by Crippen LogP contribution is 2.45. The lowest BCUT2D eigenvalue weighted by Crippen LogP contribution is -2.34. The molecule has 0 saturated heterocycles. The van der Waals surface area contributed by atoms with Crippen LogP contribution < -0.4 is 10.6 Å². The van der Waals surface area contributed by atoms with E-state index in [2.05, 4.69) is 168 Å². The van der Waals surface area contributed by atoms with E-state index in [1.54, 1.807) is 0 Å². The van der Waals surface area contributed by atoms with Crippen LogP contribution >= 0.6 is 0 Å². The molecule has 2 aliphatic heterocycles. The molecule has 2 N–H and O–H groups in total. The second-order valence-electron chi connectivity index (χ2n) is 14.9. The zero-order chi connectivity index (χ0) is 38.2. The Kier molecular flexibility index (Phi) is 7.25. The standard InChI is InChI=1S/C52H34N4O2/c1-2-12-33(13-3-1)49-54-50(34-25-23-32(24-26-34)38-18-8-16-31-11-6-7-17-37(31)38)56-51(55-49)43-27-28-53-52-46(43)42-22-10-20-40(48(42)58-52)39-19-9-21-41-44-29-35-14-4-5-15-36(35)30-45(44)57-47(39)41/h1-27,29-30,50,53H,28H2,(H,54,55,56).